The van der Waals surface area contributed by atoms with Crippen LogP contribution in [0.3, 0.4) is 0 Å². The average Bonchev–Trinajstić information content (AvgIpc) is 2.76. The summed E-state index contributed by atoms with van der Waals surface area (Å²) in [5, 5.41) is 2.87. The first-order valence-electron chi connectivity index (χ1n) is 9.58. The monoisotopic (exact) mass is 389 g/mol. The van der Waals surface area contributed by atoms with Crippen molar-refractivity contribution < 1.29 is 9.53 Å². The summed E-state index contributed by atoms with van der Waals surface area (Å²) >= 11 is 0. The zero-order valence-corrected chi connectivity index (χ0v) is 16.3. The number of carbonyl (C=O) groups is 1. The number of amides is 1. The molecule has 0 atom stereocenters. The molecule has 7 nitrogen and oxygen atoms in total. The van der Waals surface area contributed by atoms with E-state index in [1.54, 1.807) is 24.5 Å². The predicted molar refractivity (Wildman–Crippen MR) is 113 cm³/mol. The van der Waals surface area contributed by atoms with Crippen LogP contribution < -0.4 is 15.0 Å². The number of piperazine rings is 1. The third-order valence-electron chi connectivity index (χ3n) is 4.81. The van der Waals surface area contributed by atoms with Crippen LogP contribution in [0.25, 0.3) is 0 Å². The molecule has 1 fully saturated rings. The summed E-state index contributed by atoms with van der Waals surface area (Å²) in [5.41, 5.74) is 0.988. The van der Waals surface area contributed by atoms with Crippen LogP contribution >= 0.6 is 0 Å². The van der Waals surface area contributed by atoms with Crippen molar-refractivity contribution in [1.29, 1.82) is 0 Å². The summed E-state index contributed by atoms with van der Waals surface area (Å²) in [4.78, 5) is 26.0. The van der Waals surface area contributed by atoms with Gasteiger partial charge < -0.3 is 19.9 Å². The van der Waals surface area contributed by atoms with Gasteiger partial charge in [-0.05, 0) is 43.4 Å². The first-order valence-corrected chi connectivity index (χ1v) is 9.58. The topological polar surface area (TPSA) is 70.6 Å². The molecule has 7 heteroatoms. The van der Waals surface area contributed by atoms with Crippen LogP contribution in [0.1, 0.15) is 10.4 Å². The molecule has 1 amide bonds. The predicted octanol–water partition coefficient (Wildman–Crippen LogP) is 3.27. The largest absolute Gasteiger partial charge is 0.438 e. The Balaban J connectivity index is 1.44. The number of para-hydroxylation sites is 1. The SMILES string of the molecule is CN1CCN(c2ccc(NC(=O)c3cccnc3Oc3ccccc3)cn2)CC1. The van der Waals surface area contributed by atoms with Gasteiger partial charge in [-0.25, -0.2) is 9.97 Å². The van der Waals surface area contributed by atoms with E-state index in [-0.39, 0.29) is 11.8 Å². The molecule has 0 unspecified atom stereocenters. The number of nitrogens with zero attached hydrogens (tertiary/aromatic N) is 4. The highest BCUT2D eigenvalue weighted by Gasteiger charge is 2.17. The molecule has 2 aromatic heterocycles. The second kappa shape index (κ2) is 8.70. The van der Waals surface area contributed by atoms with Crippen LogP contribution in [0.2, 0.25) is 0 Å². The summed E-state index contributed by atoms with van der Waals surface area (Å²) in [6, 6.07) is 16.5. The van der Waals surface area contributed by atoms with E-state index in [1.807, 2.05) is 42.5 Å². The number of anilines is 2. The molecular formula is C22H23N5O2. The summed E-state index contributed by atoms with van der Waals surface area (Å²) in [6.07, 6.45) is 3.28. The smallest absolute Gasteiger partial charge is 0.261 e. The van der Waals surface area contributed by atoms with Crippen molar-refractivity contribution in [2.45, 2.75) is 0 Å². The molecule has 1 aliphatic heterocycles. The van der Waals surface area contributed by atoms with E-state index in [0.29, 0.717) is 17.0 Å². The zero-order chi connectivity index (χ0) is 20.1. The van der Waals surface area contributed by atoms with Gasteiger partial charge in [0.2, 0.25) is 5.88 Å². The fourth-order valence-electron chi connectivity index (χ4n) is 3.13. The maximum absolute atomic E-state index is 12.8. The highest BCUT2D eigenvalue weighted by molar-refractivity contribution is 6.05. The molecule has 1 aromatic carbocycles. The highest BCUT2D eigenvalue weighted by atomic mass is 16.5. The molecule has 4 rings (SSSR count). The normalized spacial score (nSPS) is 14.4. The van der Waals surface area contributed by atoms with Crippen molar-refractivity contribution in [3.8, 4) is 11.6 Å². The van der Waals surface area contributed by atoms with E-state index in [9.17, 15) is 4.79 Å². The molecule has 0 bridgehead atoms. The first-order chi connectivity index (χ1) is 14.2. The molecule has 3 heterocycles. The number of aromatic nitrogens is 2. The summed E-state index contributed by atoms with van der Waals surface area (Å²) in [7, 11) is 2.12. The van der Waals surface area contributed by atoms with Crippen molar-refractivity contribution in [2.75, 3.05) is 43.4 Å². The number of pyridine rings is 2. The van der Waals surface area contributed by atoms with E-state index >= 15 is 0 Å². The van der Waals surface area contributed by atoms with Gasteiger partial charge in [-0.1, -0.05) is 18.2 Å². The zero-order valence-electron chi connectivity index (χ0n) is 16.3. The second-order valence-electron chi connectivity index (χ2n) is 6.92. The van der Waals surface area contributed by atoms with Crippen LogP contribution in [0, 0.1) is 0 Å². The van der Waals surface area contributed by atoms with Gasteiger partial charge >= 0.3 is 0 Å². The maximum atomic E-state index is 12.8. The number of likely N-dealkylation sites (N-methyl/N-ethyl adjacent to an activating group) is 1. The van der Waals surface area contributed by atoms with Gasteiger partial charge in [0.25, 0.3) is 5.91 Å². The average molecular weight is 389 g/mol. The number of rotatable bonds is 5. The van der Waals surface area contributed by atoms with E-state index < -0.39 is 0 Å². The Morgan fingerprint density at radius 3 is 2.48 bits per heavy atom. The van der Waals surface area contributed by atoms with Crippen LogP contribution in [-0.4, -0.2) is 54.0 Å². The summed E-state index contributed by atoms with van der Waals surface area (Å²) in [5.74, 6) is 1.51. The molecule has 1 saturated heterocycles. The number of ether oxygens (including phenoxy) is 1. The van der Waals surface area contributed by atoms with Gasteiger partial charge in [0, 0.05) is 32.4 Å². The summed E-state index contributed by atoms with van der Waals surface area (Å²) in [6.45, 7) is 3.94. The third-order valence-corrected chi connectivity index (χ3v) is 4.81. The van der Waals surface area contributed by atoms with Crippen molar-refractivity contribution in [3.63, 3.8) is 0 Å². The van der Waals surface area contributed by atoms with E-state index in [0.717, 1.165) is 32.0 Å². The Labute approximate surface area is 170 Å². The van der Waals surface area contributed by atoms with Gasteiger partial charge in [-0.2, -0.15) is 0 Å². The molecule has 148 valence electrons. The molecule has 0 radical (unpaired) electrons. The Bertz CT molecular complexity index is 954. The fourth-order valence-corrected chi connectivity index (χ4v) is 3.13. The molecule has 0 aliphatic carbocycles. The van der Waals surface area contributed by atoms with Gasteiger partial charge in [0.1, 0.15) is 17.1 Å². The minimum absolute atomic E-state index is 0.262. The van der Waals surface area contributed by atoms with Crippen LogP contribution in [0.15, 0.2) is 67.0 Å². The van der Waals surface area contributed by atoms with Crippen LogP contribution in [-0.2, 0) is 0 Å². The lowest BCUT2D eigenvalue weighted by atomic mass is 10.2. The number of hydrogen-bond donors (Lipinski definition) is 1. The first kappa shape index (κ1) is 18.9. The molecule has 0 spiro atoms. The van der Waals surface area contributed by atoms with Crippen molar-refractivity contribution in [1.82, 2.24) is 14.9 Å². The Kier molecular flexibility index (Phi) is 5.67. The number of hydrogen-bond acceptors (Lipinski definition) is 6. The maximum Gasteiger partial charge on any atom is 0.261 e. The van der Waals surface area contributed by atoms with Gasteiger partial charge in [-0.15, -0.1) is 0 Å². The molecule has 1 N–H and O–H groups in total. The second-order valence-corrected chi connectivity index (χ2v) is 6.92. The van der Waals surface area contributed by atoms with Gasteiger partial charge in [0.05, 0.1) is 11.9 Å². The van der Waals surface area contributed by atoms with E-state index in [1.165, 1.54) is 0 Å². The molecule has 0 saturated carbocycles. The highest BCUT2D eigenvalue weighted by Crippen LogP contribution is 2.24. The molecule has 3 aromatic rings. The van der Waals surface area contributed by atoms with Crippen molar-refractivity contribution in [2.24, 2.45) is 0 Å². The van der Waals surface area contributed by atoms with Crippen LogP contribution in [0.5, 0.6) is 11.6 Å². The number of benzene rings is 1. The standard InChI is InChI=1S/C22H23N5O2/c1-26-12-14-27(15-13-26)20-10-9-17(16-24-20)25-21(28)19-8-5-11-23-22(19)29-18-6-3-2-4-7-18/h2-11,16H,12-15H2,1H3,(H,25,28). The van der Waals surface area contributed by atoms with E-state index in [2.05, 4.69) is 32.1 Å². The molecule has 29 heavy (non-hydrogen) atoms. The lowest BCUT2D eigenvalue weighted by molar-refractivity contribution is 0.102. The van der Waals surface area contributed by atoms with E-state index in [4.69, 9.17) is 4.74 Å². The Morgan fingerprint density at radius 2 is 1.76 bits per heavy atom. The number of nitrogens with one attached hydrogen (secondary N) is 1. The van der Waals surface area contributed by atoms with Crippen molar-refractivity contribution in [3.05, 3.63) is 72.6 Å². The minimum Gasteiger partial charge on any atom is -0.438 e. The quantitative estimate of drug-likeness (QED) is 0.722. The minimum atomic E-state index is -0.293. The lowest BCUT2D eigenvalue weighted by Gasteiger charge is -2.33. The van der Waals surface area contributed by atoms with Crippen LogP contribution in [0.4, 0.5) is 11.5 Å². The Morgan fingerprint density at radius 1 is 0.966 bits per heavy atom. The van der Waals surface area contributed by atoms with Gasteiger partial charge in [0.15, 0.2) is 0 Å². The van der Waals surface area contributed by atoms with Crippen molar-refractivity contribution >= 4 is 17.4 Å². The summed E-state index contributed by atoms with van der Waals surface area (Å²) < 4.78 is 5.78. The molecule has 1 aliphatic rings. The molecular weight excluding hydrogens is 366 g/mol. The van der Waals surface area contributed by atoms with Gasteiger partial charge in [-0.3, -0.25) is 4.79 Å². The fraction of sp³-hybridized carbons (Fsp3) is 0.227. The Hall–Kier alpha value is -3.45. The third kappa shape index (κ3) is 4.70. The number of carbonyl (C=O) groups excluding carboxylic acids is 1. The lowest BCUT2D eigenvalue weighted by Crippen LogP contribution is -2.44.